The van der Waals surface area contributed by atoms with Gasteiger partial charge in [-0.1, -0.05) is 0 Å². The Morgan fingerprint density at radius 3 is 1.83 bits per heavy atom. The summed E-state index contributed by atoms with van der Waals surface area (Å²) in [5.41, 5.74) is 0. The third kappa shape index (κ3) is 5.66. The van der Waals surface area contributed by atoms with E-state index in [4.69, 9.17) is 33.2 Å². The van der Waals surface area contributed by atoms with Crippen LogP contribution in [-0.4, -0.2) is 179 Å². The van der Waals surface area contributed by atoms with E-state index < -0.39 is 123 Å². The van der Waals surface area contributed by atoms with E-state index >= 15 is 0 Å². The minimum absolute atomic E-state index is 0.487. The second kappa shape index (κ2) is 12.6. The van der Waals surface area contributed by atoms with Gasteiger partial charge in [-0.2, -0.15) is 0 Å². The molecule has 15 atom stereocenters. The molecule has 4 heterocycles. The zero-order chi connectivity index (χ0) is 31.1. The molecule has 0 radical (unpaired) electrons. The highest BCUT2D eigenvalue weighted by Gasteiger charge is 2.73. The van der Waals surface area contributed by atoms with E-state index in [2.05, 4.69) is 0 Å². The number of ether oxygens (including phenoxy) is 7. The van der Waals surface area contributed by atoms with Crippen LogP contribution in [0.4, 0.5) is 0 Å². The van der Waals surface area contributed by atoms with Gasteiger partial charge in [0.05, 0.1) is 19.8 Å². The van der Waals surface area contributed by atoms with Crippen LogP contribution in [0.2, 0.25) is 0 Å². The lowest BCUT2D eigenvalue weighted by atomic mass is 9.92. The first-order chi connectivity index (χ1) is 19.7. The van der Waals surface area contributed by atoms with Gasteiger partial charge in [0, 0.05) is 12.2 Å². The quantitative estimate of drug-likeness (QED) is 0.118. The van der Waals surface area contributed by atoms with Crippen LogP contribution in [0.3, 0.4) is 0 Å². The molecule has 42 heavy (non-hydrogen) atoms. The molecule has 0 aromatic carbocycles. The van der Waals surface area contributed by atoms with Crippen LogP contribution >= 0.6 is 0 Å². The maximum absolute atomic E-state index is 12.4. The van der Waals surface area contributed by atoms with Crippen molar-refractivity contribution in [2.24, 2.45) is 0 Å². The van der Waals surface area contributed by atoms with Crippen LogP contribution in [0.1, 0.15) is 0 Å². The average Bonchev–Trinajstić information content (AvgIpc) is 2.96. The Balaban J connectivity index is 1.65. The van der Waals surface area contributed by atoms with Gasteiger partial charge in [-0.05, 0) is 0 Å². The Kier molecular flexibility index (Phi) is 9.86. The lowest BCUT2D eigenvalue weighted by Crippen LogP contribution is -2.78. The normalized spacial score (nSPS) is 50.6. The number of rotatable bonds is 7. The van der Waals surface area contributed by atoms with Crippen LogP contribution < -0.4 is 0 Å². The van der Waals surface area contributed by atoms with E-state index in [0.717, 1.165) is 0 Å². The van der Waals surface area contributed by atoms with E-state index in [1.807, 2.05) is 0 Å². The molecule has 11 N–H and O–H groups in total. The summed E-state index contributed by atoms with van der Waals surface area (Å²) in [5.74, 6) is -10.0. The summed E-state index contributed by atoms with van der Waals surface area (Å²) < 4.78 is 36.4. The van der Waals surface area contributed by atoms with E-state index in [0.29, 0.717) is 12.2 Å². The molecule has 0 bridgehead atoms. The fourth-order valence-corrected chi connectivity index (χ4v) is 4.84. The minimum atomic E-state index is -3.59. The molecule has 20 nitrogen and oxygen atoms in total. The molecule has 3 fully saturated rings. The first-order valence-corrected chi connectivity index (χ1v) is 12.5. The number of aliphatic hydroxyl groups excluding tert-OH is 10. The number of carbonyl (C=O) groups excluding carboxylic acids is 2. The molecule has 0 aromatic rings. The van der Waals surface area contributed by atoms with Crippen molar-refractivity contribution in [3.63, 3.8) is 0 Å². The van der Waals surface area contributed by atoms with E-state index in [1.165, 1.54) is 0 Å². The van der Waals surface area contributed by atoms with Gasteiger partial charge < -0.3 is 89.3 Å². The molecule has 20 heteroatoms. The van der Waals surface area contributed by atoms with E-state index in [-0.39, 0.29) is 0 Å². The molecule has 0 saturated carbocycles. The second-order valence-corrected chi connectivity index (χ2v) is 9.82. The summed E-state index contributed by atoms with van der Waals surface area (Å²) in [5, 5.41) is 113. The van der Waals surface area contributed by atoms with Crippen LogP contribution in [-0.2, 0) is 42.7 Å². The SMILES string of the molecule is O=C1/C=C\C(=O)O[C@]2(O)[C@@H](O)[C@H](O)[C@@H](CO)OC2(O[C@H]2[C@H](O)[C@@H](O)C(O[C@H]3[C@H](O)[C@@H](O)[C@@H](O)O[C@@H]3CO)O[C@@H]2CO)O1. The van der Waals surface area contributed by atoms with Gasteiger partial charge in [0.1, 0.15) is 61.0 Å². The predicted molar refractivity (Wildman–Crippen MR) is 120 cm³/mol. The van der Waals surface area contributed by atoms with Gasteiger partial charge in [0.15, 0.2) is 18.7 Å². The number of hydrogen-bond donors (Lipinski definition) is 11. The van der Waals surface area contributed by atoms with Gasteiger partial charge in [-0.25, -0.2) is 9.59 Å². The Labute approximate surface area is 235 Å². The lowest BCUT2D eigenvalue weighted by molar-refractivity contribution is -0.534. The molecule has 0 aliphatic carbocycles. The molecule has 240 valence electrons. The zero-order valence-corrected chi connectivity index (χ0v) is 21.4. The molecular weight excluding hydrogens is 584 g/mol. The number of aliphatic hydroxyl groups is 11. The van der Waals surface area contributed by atoms with Crippen molar-refractivity contribution in [2.75, 3.05) is 19.8 Å². The largest absolute Gasteiger partial charge is 0.417 e. The van der Waals surface area contributed by atoms with Crippen molar-refractivity contribution in [3.8, 4) is 0 Å². The first-order valence-electron chi connectivity index (χ1n) is 12.5. The maximum Gasteiger partial charge on any atom is 0.403 e. The highest BCUT2D eigenvalue weighted by molar-refractivity contribution is 5.92. The molecule has 4 rings (SSSR count). The molecule has 3 saturated heterocycles. The van der Waals surface area contributed by atoms with Crippen molar-refractivity contribution in [1.82, 2.24) is 0 Å². The molecule has 0 aromatic heterocycles. The third-order valence-electron chi connectivity index (χ3n) is 7.12. The summed E-state index contributed by atoms with van der Waals surface area (Å²) in [4.78, 5) is 24.6. The Morgan fingerprint density at radius 2 is 1.24 bits per heavy atom. The summed E-state index contributed by atoms with van der Waals surface area (Å²) in [6, 6.07) is 0. The van der Waals surface area contributed by atoms with Gasteiger partial charge in [-0.15, -0.1) is 0 Å². The summed E-state index contributed by atoms with van der Waals surface area (Å²) >= 11 is 0. The van der Waals surface area contributed by atoms with E-state index in [1.54, 1.807) is 0 Å². The van der Waals surface area contributed by atoms with Crippen molar-refractivity contribution in [2.45, 2.75) is 91.5 Å². The molecule has 0 spiro atoms. The highest BCUT2D eigenvalue weighted by atomic mass is 16.9. The fourth-order valence-electron chi connectivity index (χ4n) is 4.84. The van der Waals surface area contributed by atoms with Gasteiger partial charge in [0.25, 0.3) is 0 Å². The van der Waals surface area contributed by atoms with Crippen molar-refractivity contribution >= 4 is 11.9 Å². The lowest BCUT2D eigenvalue weighted by Gasteiger charge is -2.54. The second-order valence-electron chi connectivity index (χ2n) is 9.82. The van der Waals surface area contributed by atoms with Crippen molar-refractivity contribution < 1.29 is 98.9 Å². The molecule has 4 aliphatic heterocycles. The third-order valence-corrected chi connectivity index (χ3v) is 7.12. The topological polar surface area (TPSA) is 321 Å². The van der Waals surface area contributed by atoms with Crippen molar-refractivity contribution in [3.05, 3.63) is 12.2 Å². The van der Waals surface area contributed by atoms with E-state index in [9.17, 15) is 65.8 Å². The molecular formula is C22H32O20. The van der Waals surface area contributed by atoms with Gasteiger partial charge in [0.2, 0.25) is 0 Å². The van der Waals surface area contributed by atoms with Crippen molar-refractivity contribution in [1.29, 1.82) is 0 Å². The number of hydrogen-bond acceptors (Lipinski definition) is 20. The predicted octanol–water partition coefficient (Wildman–Crippen LogP) is -8.26. The van der Waals surface area contributed by atoms with Gasteiger partial charge >= 0.3 is 23.7 Å². The molecule has 0 amide bonds. The average molecular weight is 616 g/mol. The summed E-state index contributed by atoms with van der Waals surface area (Å²) in [6.07, 6.45) is -24.9. The number of carbonyl (C=O) groups is 2. The number of fused-ring (bicyclic) bond motifs is 1. The monoisotopic (exact) mass is 616 g/mol. The smallest absolute Gasteiger partial charge is 0.403 e. The van der Waals surface area contributed by atoms with Crippen LogP contribution in [0.15, 0.2) is 12.2 Å². The van der Waals surface area contributed by atoms with Gasteiger partial charge in [-0.3, -0.25) is 0 Å². The number of esters is 2. The maximum atomic E-state index is 12.4. The zero-order valence-electron chi connectivity index (χ0n) is 21.4. The standard InChI is InChI=1S/C22H32O20/c23-3-6-11(28)18(33)21(35)22(39-6,41-10(27)2-1-9(26)40-21)42-17-8(5-25)37-20(15(32)13(17)30)38-16-7(4-24)36-19(34)14(31)12(16)29/h1-2,6-8,11-20,23-25,28-35H,3-5H2/b2-1-/t6-,7-,8-,11-,12-,13-,14-,15-,16-,17-,18+,19+,20?,21-,22?/m1/s1. The Morgan fingerprint density at radius 1 is 0.690 bits per heavy atom. The summed E-state index contributed by atoms with van der Waals surface area (Å²) in [6.45, 7) is -3.03. The first kappa shape index (κ1) is 32.9. The Bertz CT molecular complexity index is 1010. The summed E-state index contributed by atoms with van der Waals surface area (Å²) in [7, 11) is 0. The highest BCUT2D eigenvalue weighted by Crippen LogP contribution is 2.44. The minimum Gasteiger partial charge on any atom is -0.417 e. The fraction of sp³-hybridized carbons (Fsp3) is 0.818. The molecule has 2 unspecified atom stereocenters. The van der Waals surface area contributed by atoms with Crippen LogP contribution in [0.5, 0.6) is 0 Å². The molecule has 4 aliphatic rings. The van der Waals surface area contributed by atoms with Crippen LogP contribution in [0.25, 0.3) is 0 Å². The Hall–Kier alpha value is -1.96. The van der Waals surface area contributed by atoms with Crippen LogP contribution in [0, 0.1) is 0 Å².